The number of pyridine rings is 1. The fourth-order valence-corrected chi connectivity index (χ4v) is 3.79. The van der Waals surface area contributed by atoms with Crippen molar-refractivity contribution in [1.29, 1.82) is 0 Å². The van der Waals surface area contributed by atoms with Gasteiger partial charge in [-0.2, -0.15) is 0 Å². The number of hydrogen-bond donors (Lipinski definition) is 1. The van der Waals surface area contributed by atoms with Crippen LogP contribution in [0.3, 0.4) is 0 Å². The van der Waals surface area contributed by atoms with Crippen LogP contribution in [-0.4, -0.2) is 34.8 Å². The van der Waals surface area contributed by atoms with Crippen LogP contribution in [-0.2, 0) is 16.1 Å². The Balaban J connectivity index is 1.55. The fourth-order valence-electron chi connectivity index (χ4n) is 3.79. The molecule has 2 heterocycles. The molecule has 2 aliphatic rings. The average molecular weight is 365 g/mol. The zero-order valence-corrected chi connectivity index (χ0v) is 15.3. The van der Waals surface area contributed by atoms with E-state index in [2.05, 4.69) is 10.3 Å². The maximum atomic E-state index is 12.9. The monoisotopic (exact) mass is 365 g/mol. The molecule has 1 aliphatic carbocycles. The molecule has 1 saturated carbocycles. The number of nitrogens with zero attached hydrogens (tertiary/aromatic N) is 2. The second-order valence-electron chi connectivity index (χ2n) is 7.14. The molecule has 1 aliphatic heterocycles. The quantitative estimate of drug-likeness (QED) is 0.854. The lowest BCUT2D eigenvalue weighted by molar-refractivity contribution is -0.129. The lowest BCUT2D eigenvalue weighted by atomic mass is 9.92. The molecule has 0 unspecified atom stereocenters. The van der Waals surface area contributed by atoms with Crippen molar-refractivity contribution in [2.75, 3.05) is 7.11 Å². The summed E-state index contributed by atoms with van der Waals surface area (Å²) in [5.41, 5.74) is 1.92. The van der Waals surface area contributed by atoms with Crippen molar-refractivity contribution in [3.63, 3.8) is 0 Å². The number of aromatic nitrogens is 1. The Morgan fingerprint density at radius 3 is 2.67 bits per heavy atom. The Labute approximate surface area is 158 Å². The van der Waals surface area contributed by atoms with Crippen molar-refractivity contribution in [2.24, 2.45) is 5.92 Å². The lowest BCUT2D eigenvalue weighted by Crippen LogP contribution is -2.36. The van der Waals surface area contributed by atoms with Crippen LogP contribution < -0.4 is 10.1 Å². The van der Waals surface area contributed by atoms with Crippen LogP contribution in [0.15, 0.2) is 48.8 Å². The van der Waals surface area contributed by atoms with Gasteiger partial charge in [-0.1, -0.05) is 18.2 Å². The van der Waals surface area contributed by atoms with Gasteiger partial charge in [0, 0.05) is 31.4 Å². The van der Waals surface area contributed by atoms with Gasteiger partial charge in [0.25, 0.3) is 0 Å². The molecule has 27 heavy (non-hydrogen) atoms. The molecule has 1 aromatic carbocycles. The number of nitrogens with one attached hydrogen (secondary N) is 1. The van der Waals surface area contributed by atoms with Crippen molar-refractivity contribution in [1.82, 2.24) is 15.2 Å². The smallest absolute Gasteiger partial charge is 0.226 e. The molecule has 0 radical (unpaired) electrons. The maximum Gasteiger partial charge on any atom is 0.226 e. The molecule has 2 atom stereocenters. The van der Waals surface area contributed by atoms with Crippen LogP contribution >= 0.6 is 0 Å². The first-order chi connectivity index (χ1) is 13.2. The molecule has 2 fully saturated rings. The number of likely N-dealkylation sites (tertiary alicyclic amines) is 1. The van der Waals surface area contributed by atoms with E-state index in [1.165, 1.54) is 0 Å². The number of amides is 2. The van der Waals surface area contributed by atoms with Gasteiger partial charge in [-0.15, -0.1) is 0 Å². The molecule has 6 nitrogen and oxygen atoms in total. The molecule has 1 aromatic heterocycles. The van der Waals surface area contributed by atoms with E-state index in [9.17, 15) is 9.59 Å². The fraction of sp³-hybridized carbons (Fsp3) is 0.381. The van der Waals surface area contributed by atoms with Crippen LogP contribution in [0.25, 0.3) is 0 Å². The van der Waals surface area contributed by atoms with E-state index in [0.29, 0.717) is 6.54 Å². The molecular formula is C21H23N3O3. The molecule has 0 spiro atoms. The van der Waals surface area contributed by atoms with E-state index in [0.717, 1.165) is 29.7 Å². The molecule has 1 N–H and O–H groups in total. The van der Waals surface area contributed by atoms with E-state index in [1.54, 1.807) is 19.5 Å². The van der Waals surface area contributed by atoms with Crippen molar-refractivity contribution in [2.45, 2.75) is 37.9 Å². The van der Waals surface area contributed by atoms with Crippen molar-refractivity contribution < 1.29 is 14.3 Å². The summed E-state index contributed by atoms with van der Waals surface area (Å²) in [4.78, 5) is 31.6. The van der Waals surface area contributed by atoms with Gasteiger partial charge >= 0.3 is 0 Å². The summed E-state index contributed by atoms with van der Waals surface area (Å²) < 4.78 is 5.24. The second kappa shape index (κ2) is 7.39. The van der Waals surface area contributed by atoms with Gasteiger partial charge in [-0.25, -0.2) is 0 Å². The van der Waals surface area contributed by atoms with Crippen molar-refractivity contribution in [3.8, 4) is 5.75 Å². The number of carbonyl (C=O) groups excluding carboxylic acids is 2. The Morgan fingerprint density at radius 2 is 2.04 bits per heavy atom. The van der Waals surface area contributed by atoms with Gasteiger partial charge in [-0.3, -0.25) is 14.6 Å². The number of hydrogen-bond acceptors (Lipinski definition) is 4. The normalized spacial score (nSPS) is 22.0. The third-order valence-corrected chi connectivity index (χ3v) is 5.29. The molecular weight excluding hydrogens is 342 g/mol. The predicted molar refractivity (Wildman–Crippen MR) is 99.8 cm³/mol. The highest BCUT2D eigenvalue weighted by molar-refractivity contribution is 5.90. The summed E-state index contributed by atoms with van der Waals surface area (Å²) in [6, 6.07) is 11.5. The first-order valence-electron chi connectivity index (χ1n) is 9.29. The minimum Gasteiger partial charge on any atom is -0.497 e. The summed E-state index contributed by atoms with van der Waals surface area (Å²) in [5, 5.41) is 2.98. The first kappa shape index (κ1) is 17.5. The minimum atomic E-state index is -0.386. The largest absolute Gasteiger partial charge is 0.497 e. The van der Waals surface area contributed by atoms with Crippen LogP contribution in [0.1, 0.15) is 36.4 Å². The van der Waals surface area contributed by atoms with E-state index in [1.807, 2.05) is 41.3 Å². The lowest BCUT2D eigenvalue weighted by Gasteiger charge is -2.28. The SMILES string of the molecule is COc1ccc([C@@H]2[C@@H](C(=O)NCc3cccnc3)CC(=O)N2C2CC2)cc1. The molecule has 4 rings (SSSR count). The Hall–Kier alpha value is -2.89. The highest BCUT2D eigenvalue weighted by Crippen LogP contribution is 2.45. The van der Waals surface area contributed by atoms with Crippen molar-refractivity contribution >= 4 is 11.8 Å². The zero-order chi connectivity index (χ0) is 18.8. The maximum absolute atomic E-state index is 12.9. The number of methoxy groups -OCH3 is 1. The molecule has 2 aromatic rings. The zero-order valence-electron chi connectivity index (χ0n) is 15.3. The van der Waals surface area contributed by atoms with Gasteiger partial charge in [0.05, 0.1) is 19.1 Å². The topological polar surface area (TPSA) is 71.5 Å². The molecule has 0 bridgehead atoms. The summed E-state index contributed by atoms with van der Waals surface area (Å²) in [7, 11) is 1.62. The van der Waals surface area contributed by atoms with Gasteiger partial charge in [-0.05, 0) is 42.2 Å². The molecule has 140 valence electrons. The second-order valence-corrected chi connectivity index (χ2v) is 7.14. The summed E-state index contributed by atoms with van der Waals surface area (Å²) >= 11 is 0. The first-order valence-corrected chi connectivity index (χ1v) is 9.29. The van der Waals surface area contributed by atoms with Crippen molar-refractivity contribution in [3.05, 3.63) is 59.9 Å². The summed E-state index contributed by atoms with van der Waals surface area (Å²) in [5.74, 6) is 0.359. The Morgan fingerprint density at radius 1 is 1.26 bits per heavy atom. The van der Waals surface area contributed by atoms with Crippen LogP contribution in [0.4, 0.5) is 0 Å². The third kappa shape index (κ3) is 3.65. The highest BCUT2D eigenvalue weighted by atomic mass is 16.5. The van der Waals surface area contributed by atoms with Gasteiger partial charge in [0.1, 0.15) is 5.75 Å². The Bertz CT molecular complexity index is 818. The molecule has 2 amide bonds. The third-order valence-electron chi connectivity index (χ3n) is 5.29. The van der Waals surface area contributed by atoms with Crippen LogP contribution in [0.2, 0.25) is 0 Å². The molecule has 1 saturated heterocycles. The predicted octanol–water partition coefficient (Wildman–Crippen LogP) is 2.46. The summed E-state index contributed by atoms with van der Waals surface area (Å²) in [6.07, 6.45) is 5.72. The van der Waals surface area contributed by atoms with E-state index < -0.39 is 0 Å². The van der Waals surface area contributed by atoms with Gasteiger partial charge < -0.3 is 15.0 Å². The summed E-state index contributed by atoms with van der Waals surface area (Å²) in [6.45, 7) is 0.413. The molecule has 6 heteroatoms. The van der Waals surface area contributed by atoms with Crippen LogP contribution in [0, 0.1) is 5.92 Å². The Kier molecular flexibility index (Phi) is 4.79. The number of rotatable bonds is 6. The number of ether oxygens (including phenoxy) is 1. The number of benzene rings is 1. The van der Waals surface area contributed by atoms with E-state index in [4.69, 9.17) is 4.74 Å². The minimum absolute atomic E-state index is 0.0693. The number of carbonyl (C=O) groups is 2. The standard InChI is InChI=1S/C21H23N3O3/c1-27-17-8-4-15(5-9-17)20-18(11-19(25)24(20)16-6-7-16)21(26)23-13-14-3-2-10-22-12-14/h2-5,8-10,12,16,18,20H,6-7,11,13H2,1H3,(H,23,26)/t18-,20+/m0/s1. The van der Waals surface area contributed by atoms with E-state index >= 15 is 0 Å². The van der Waals surface area contributed by atoms with Crippen LogP contribution in [0.5, 0.6) is 5.75 Å². The highest BCUT2D eigenvalue weighted by Gasteiger charge is 2.49. The van der Waals surface area contributed by atoms with E-state index in [-0.39, 0.29) is 36.2 Å². The van der Waals surface area contributed by atoms with Gasteiger partial charge in [0.2, 0.25) is 11.8 Å². The average Bonchev–Trinajstić information content (AvgIpc) is 3.49. The van der Waals surface area contributed by atoms with Gasteiger partial charge in [0.15, 0.2) is 0 Å².